The van der Waals surface area contributed by atoms with Crippen LogP contribution in [0, 0.1) is 0 Å². The van der Waals surface area contributed by atoms with Crippen LogP contribution < -0.4 is 18.9 Å². The summed E-state index contributed by atoms with van der Waals surface area (Å²) in [5.74, 6) is 1.17. The second-order valence-electron chi connectivity index (χ2n) is 10.4. The summed E-state index contributed by atoms with van der Waals surface area (Å²) in [5, 5.41) is 1.70. The Hall–Kier alpha value is -4.36. The van der Waals surface area contributed by atoms with Gasteiger partial charge in [-0.05, 0) is 48.9 Å². The van der Waals surface area contributed by atoms with Crippen LogP contribution in [0.15, 0.2) is 36.4 Å². The second-order valence-corrected chi connectivity index (χ2v) is 12.5. The summed E-state index contributed by atoms with van der Waals surface area (Å²) in [7, 11) is 4.78. The lowest BCUT2D eigenvalue weighted by Gasteiger charge is -2.15. The van der Waals surface area contributed by atoms with Crippen molar-refractivity contribution in [2.75, 3.05) is 54.2 Å². The standard InChI is InChI=1S/C34H39NO10S2/c1-6-42-32(37)10-9-23(36)30-17-21-15-24(40-4)27(20-29(21)46-30)45-14-8-13-44-26-16-22-18-31(47-28(22)19-25(26)41-5)34(39)35(3)12-11-33(38)43-7-2/h15-20H,6-14H2,1-5H3. The number of fused-ring (bicyclic) bond motifs is 2. The molecular formula is C34H39NO10S2. The molecule has 2 aromatic heterocycles. The molecule has 2 aromatic carbocycles. The van der Waals surface area contributed by atoms with Crippen LogP contribution in [0.3, 0.4) is 0 Å². The molecule has 13 heteroatoms. The average Bonchev–Trinajstić information content (AvgIpc) is 3.68. The average molecular weight is 686 g/mol. The first-order chi connectivity index (χ1) is 22.7. The number of nitrogens with zero attached hydrogens (tertiary/aromatic N) is 1. The summed E-state index contributed by atoms with van der Waals surface area (Å²) in [4.78, 5) is 51.6. The maximum absolute atomic E-state index is 13.0. The first-order valence-electron chi connectivity index (χ1n) is 15.3. The number of benzene rings is 2. The molecule has 0 aliphatic heterocycles. The van der Waals surface area contributed by atoms with Crippen molar-refractivity contribution in [1.29, 1.82) is 0 Å². The zero-order valence-corrected chi connectivity index (χ0v) is 28.8. The van der Waals surface area contributed by atoms with Crippen LogP contribution in [0.25, 0.3) is 20.2 Å². The predicted octanol–water partition coefficient (Wildman–Crippen LogP) is 6.53. The van der Waals surface area contributed by atoms with Crippen LogP contribution >= 0.6 is 22.7 Å². The smallest absolute Gasteiger partial charge is 0.307 e. The number of Topliss-reactive ketones (excluding diaryl/α,β-unsaturated/α-hetero) is 1. The molecule has 0 N–H and O–H groups in total. The van der Waals surface area contributed by atoms with Gasteiger partial charge in [-0.3, -0.25) is 19.2 Å². The fourth-order valence-electron chi connectivity index (χ4n) is 4.66. The largest absolute Gasteiger partial charge is 0.493 e. The van der Waals surface area contributed by atoms with Gasteiger partial charge in [0.1, 0.15) is 0 Å². The third-order valence-corrected chi connectivity index (χ3v) is 9.28. The van der Waals surface area contributed by atoms with Crippen molar-refractivity contribution in [2.45, 2.75) is 39.5 Å². The van der Waals surface area contributed by atoms with Crippen molar-refractivity contribution in [3.05, 3.63) is 46.2 Å². The van der Waals surface area contributed by atoms with E-state index in [0.29, 0.717) is 59.0 Å². The molecule has 0 fully saturated rings. The van der Waals surface area contributed by atoms with Gasteiger partial charge in [-0.25, -0.2) is 0 Å². The summed E-state index contributed by atoms with van der Waals surface area (Å²) in [5.41, 5.74) is 0. The van der Waals surface area contributed by atoms with Crippen molar-refractivity contribution in [1.82, 2.24) is 4.90 Å². The van der Waals surface area contributed by atoms with Crippen LogP contribution in [-0.4, -0.2) is 82.8 Å². The molecule has 4 aromatic rings. The molecule has 2 heterocycles. The molecule has 1 amide bonds. The van der Waals surface area contributed by atoms with Gasteiger partial charge >= 0.3 is 11.9 Å². The minimum absolute atomic E-state index is 0.0474. The Morgan fingerprint density at radius 3 is 1.79 bits per heavy atom. The molecule has 252 valence electrons. The minimum Gasteiger partial charge on any atom is -0.493 e. The van der Waals surface area contributed by atoms with Crippen molar-refractivity contribution in [3.8, 4) is 23.0 Å². The Morgan fingerprint density at radius 1 is 0.660 bits per heavy atom. The molecule has 0 aliphatic carbocycles. The minimum atomic E-state index is -0.386. The normalized spacial score (nSPS) is 10.9. The topological polar surface area (TPSA) is 127 Å². The van der Waals surface area contributed by atoms with E-state index in [2.05, 4.69) is 0 Å². The Bertz CT molecular complexity index is 1730. The number of ether oxygens (including phenoxy) is 6. The highest BCUT2D eigenvalue weighted by molar-refractivity contribution is 7.21. The van der Waals surface area contributed by atoms with Gasteiger partial charge in [0.2, 0.25) is 0 Å². The maximum atomic E-state index is 13.0. The van der Waals surface area contributed by atoms with Gasteiger partial charge in [-0.1, -0.05) is 0 Å². The maximum Gasteiger partial charge on any atom is 0.307 e. The first kappa shape index (κ1) is 35.5. The molecule has 0 saturated heterocycles. The Labute approximate surface area is 281 Å². The Morgan fingerprint density at radius 2 is 1.17 bits per heavy atom. The molecule has 0 unspecified atom stereocenters. The van der Waals surface area contributed by atoms with Crippen molar-refractivity contribution in [2.24, 2.45) is 0 Å². The zero-order chi connectivity index (χ0) is 33.9. The van der Waals surface area contributed by atoms with Gasteiger partial charge in [-0.15, -0.1) is 22.7 Å². The molecule has 0 saturated carbocycles. The van der Waals surface area contributed by atoms with E-state index >= 15 is 0 Å². The van der Waals surface area contributed by atoms with E-state index in [1.165, 1.54) is 27.6 Å². The summed E-state index contributed by atoms with van der Waals surface area (Å²) in [6.07, 6.45) is 0.827. The van der Waals surface area contributed by atoms with Crippen molar-refractivity contribution < 1.29 is 47.6 Å². The van der Waals surface area contributed by atoms with Gasteiger partial charge in [0.05, 0.1) is 63.2 Å². The third kappa shape index (κ3) is 9.35. The van der Waals surface area contributed by atoms with Gasteiger partial charge in [0.15, 0.2) is 28.8 Å². The van der Waals surface area contributed by atoms with Crippen molar-refractivity contribution >= 4 is 66.5 Å². The van der Waals surface area contributed by atoms with E-state index < -0.39 is 0 Å². The fraction of sp³-hybridized carbons (Fsp3) is 0.412. The summed E-state index contributed by atoms with van der Waals surface area (Å²) >= 11 is 2.69. The van der Waals surface area contributed by atoms with Gasteiger partial charge in [0, 0.05) is 48.0 Å². The Balaban J connectivity index is 1.34. The van der Waals surface area contributed by atoms with E-state index in [-0.39, 0.29) is 56.0 Å². The summed E-state index contributed by atoms with van der Waals surface area (Å²) < 4.78 is 34.8. The lowest BCUT2D eigenvalue weighted by atomic mass is 10.1. The van der Waals surface area contributed by atoms with E-state index in [4.69, 9.17) is 28.4 Å². The summed E-state index contributed by atoms with van der Waals surface area (Å²) in [6.45, 7) is 5.02. The highest BCUT2D eigenvalue weighted by atomic mass is 32.1. The van der Waals surface area contributed by atoms with Crippen LogP contribution in [0.5, 0.6) is 23.0 Å². The van der Waals surface area contributed by atoms with Gasteiger partial charge in [-0.2, -0.15) is 0 Å². The SMILES string of the molecule is CCOC(=O)CCC(=O)c1cc2cc(OC)c(OCCCOc3cc4cc(C(=O)N(C)CCC(=O)OCC)sc4cc3OC)cc2s1. The lowest BCUT2D eigenvalue weighted by Crippen LogP contribution is -2.28. The molecular weight excluding hydrogens is 647 g/mol. The number of amides is 1. The highest BCUT2D eigenvalue weighted by Crippen LogP contribution is 2.38. The number of rotatable bonds is 18. The first-order valence-corrected chi connectivity index (χ1v) is 16.9. The Kier molecular flexibility index (Phi) is 12.8. The van der Waals surface area contributed by atoms with E-state index in [1.807, 2.05) is 30.3 Å². The van der Waals surface area contributed by atoms with Crippen LogP contribution in [0.1, 0.15) is 58.9 Å². The molecule has 0 radical (unpaired) electrons. The van der Waals surface area contributed by atoms with E-state index in [0.717, 1.165) is 20.2 Å². The lowest BCUT2D eigenvalue weighted by molar-refractivity contribution is -0.144. The van der Waals surface area contributed by atoms with Crippen molar-refractivity contribution in [3.63, 3.8) is 0 Å². The van der Waals surface area contributed by atoms with E-state index in [9.17, 15) is 19.2 Å². The quantitative estimate of drug-likeness (QED) is 0.0648. The highest BCUT2D eigenvalue weighted by Gasteiger charge is 2.19. The summed E-state index contributed by atoms with van der Waals surface area (Å²) in [6, 6.07) is 11.0. The predicted molar refractivity (Wildman–Crippen MR) is 181 cm³/mol. The van der Waals surface area contributed by atoms with Gasteiger partial charge < -0.3 is 33.3 Å². The van der Waals surface area contributed by atoms with E-state index in [1.54, 1.807) is 41.2 Å². The number of ketones is 1. The molecule has 0 spiro atoms. The number of hydrogen-bond donors (Lipinski definition) is 0. The monoisotopic (exact) mass is 685 g/mol. The number of hydrogen-bond acceptors (Lipinski definition) is 12. The number of methoxy groups -OCH3 is 2. The molecule has 11 nitrogen and oxygen atoms in total. The number of carbonyl (C=O) groups is 4. The number of esters is 2. The molecule has 0 bridgehead atoms. The molecule has 0 aliphatic rings. The van der Waals surface area contributed by atoms with Crippen LogP contribution in [0.4, 0.5) is 0 Å². The number of carbonyl (C=O) groups excluding carboxylic acids is 4. The fourth-order valence-corrected chi connectivity index (χ4v) is 6.77. The van der Waals surface area contributed by atoms with Gasteiger partial charge in [0.25, 0.3) is 5.91 Å². The second kappa shape index (κ2) is 17.0. The third-order valence-electron chi connectivity index (χ3n) is 7.06. The van der Waals surface area contributed by atoms with Crippen LogP contribution in [-0.2, 0) is 19.1 Å². The van der Waals surface area contributed by atoms with Crippen LogP contribution in [0.2, 0.25) is 0 Å². The molecule has 47 heavy (non-hydrogen) atoms. The molecule has 4 rings (SSSR count). The zero-order valence-electron chi connectivity index (χ0n) is 27.2. The molecule has 0 atom stereocenters. The number of thiophene rings is 2.